The summed E-state index contributed by atoms with van der Waals surface area (Å²) < 4.78 is 22.7. The molecule has 28 heavy (non-hydrogen) atoms. The monoisotopic (exact) mass is 419 g/mol. The van der Waals surface area contributed by atoms with Crippen LogP contribution < -0.4 is 5.32 Å². The Bertz CT molecular complexity index is 1010. The van der Waals surface area contributed by atoms with Crippen molar-refractivity contribution in [3.8, 4) is 10.4 Å². The summed E-state index contributed by atoms with van der Waals surface area (Å²) in [4.78, 5) is 37.1. The van der Waals surface area contributed by atoms with Crippen molar-refractivity contribution in [3.63, 3.8) is 0 Å². The zero-order chi connectivity index (χ0) is 20.1. The van der Waals surface area contributed by atoms with Gasteiger partial charge in [0.2, 0.25) is 0 Å². The topological polar surface area (TPSA) is 81.7 Å². The van der Waals surface area contributed by atoms with Crippen molar-refractivity contribution in [1.82, 2.24) is 0 Å². The smallest absolute Gasteiger partial charge is 0.350 e. The molecule has 0 saturated heterocycles. The van der Waals surface area contributed by atoms with E-state index in [1.165, 1.54) is 30.6 Å². The van der Waals surface area contributed by atoms with Crippen LogP contribution in [0.4, 0.5) is 10.1 Å². The van der Waals surface area contributed by atoms with Gasteiger partial charge in [0, 0.05) is 4.88 Å². The maximum atomic E-state index is 13.0. The minimum atomic E-state index is -0.646. The Morgan fingerprint density at radius 3 is 2.50 bits per heavy atom. The third kappa shape index (κ3) is 4.62. The number of thiophene rings is 2. The van der Waals surface area contributed by atoms with E-state index in [9.17, 15) is 18.8 Å². The van der Waals surface area contributed by atoms with Gasteiger partial charge in [-0.1, -0.05) is 12.1 Å². The highest BCUT2D eigenvalue weighted by molar-refractivity contribution is 7.17. The molecule has 0 aliphatic heterocycles. The van der Waals surface area contributed by atoms with E-state index in [1.807, 2.05) is 0 Å². The molecular weight excluding hydrogens is 405 g/mol. The second kappa shape index (κ2) is 8.77. The van der Waals surface area contributed by atoms with Gasteiger partial charge in [-0.05, 0) is 41.3 Å². The molecule has 0 atom stereocenters. The van der Waals surface area contributed by atoms with Gasteiger partial charge < -0.3 is 14.8 Å². The Kier molecular flexibility index (Phi) is 6.17. The molecule has 2 aromatic heterocycles. The van der Waals surface area contributed by atoms with E-state index in [-0.39, 0.29) is 10.7 Å². The number of ether oxygens (including phenoxy) is 2. The second-order valence-corrected chi connectivity index (χ2v) is 7.45. The molecule has 0 radical (unpaired) electrons. The van der Waals surface area contributed by atoms with Crippen LogP contribution in [0, 0.1) is 5.82 Å². The van der Waals surface area contributed by atoms with Gasteiger partial charge in [-0.3, -0.25) is 4.79 Å². The Balaban J connectivity index is 1.57. The van der Waals surface area contributed by atoms with Crippen molar-refractivity contribution in [2.24, 2.45) is 0 Å². The van der Waals surface area contributed by atoms with Crippen LogP contribution >= 0.6 is 22.7 Å². The fraction of sp³-hybridized carbons (Fsp3) is 0.105. The first-order valence-electron chi connectivity index (χ1n) is 7.96. The molecule has 0 spiro atoms. The van der Waals surface area contributed by atoms with Crippen LogP contribution in [0.2, 0.25) is 0 Å². The predicted octanol–water partition coefficient (Wildman–Crippen LogP) is 4.20. The largest absolute Gasteiger partial charge is 0.465 e. The Hall–Kier alpha value is -3.04. The fourth-order valence-electron chi connectivity index (χ4n) is 2.26. The van der Waals surface area contributed by atoms with Crippen molar-refractivity contribution < 1.29 is 28.2 Å². The van der Waals surface area contributed by atoms with E-state index in [0.717, 1.165) is 21.8 Å². The molecular formula is C19H14FNO5S2. The molecule has 0 bridgehead atoms. The molecule has 3 rings (SSSR count). The Morgan fingerprint density at radius 2 is 1.79 bits per heavy atom. The van der Waals surface area contributed by atoms with E-state index in [1.54, 1.807) is 35.7 Å². The summed E-state index contributed by atoms with van der Waals surface area (Å²) in [6.07, 6.45) is 0. The average Bonchev–Trinajstić information content (AvgIpc) is 3.36. The quantitative estimate of drug-likeness (QED) is 0.606. The fourth-order valence-corrected chi connectivity index (χ4v) is 3.93. The number of anilines is 1. The number of hydrogen-bond acceptors (Lipinski definition) is 7. The van der Waals surface area contributed by atoms with Crippen LogP contribution in [0.1, 0.15) is 19.3 Å². The molecule has 3 aromatic rings. The third-order valence-electron chi connectivity index (χ3n) is 3.58. The highest BCUT2D eigenvalue weighted by Crippen LogP contribution is 2.28. The molecule has 1 amide bonds. The standard InChI is InChI=1S/C19H14FNO5S2/c1-25-19(24)17-13(8-9-27-17)21-16(22)10-26-18(23)15-7-6-14(28-15)11-2-4-12(20)5-3-11/h2-9H,10H2,1H3,(H,21,22). The summed E-state index contributed by atoms with van der Waals surface area (Å²) in [5.74, 6) is -2.12. The van der Waals surface area contributed by atoms with E-state index >= 15 is 0 Å². The summed E-state index contributed by atoms with van der Waals surface area (Å²) in [5, 5.41) is 4.15. The van der Waals surface area contributed by atoms with E-state index in [4.69, 9.17) is 4.74 Å². The summed E-state index contributed by atoms with van der Waals surface area (Å²) >= 11 is 2.31. The van der Waals surface area contributed by atoms with Crippen LogP contribution in [0.15, 0.2) is 47.8 Å². The van der Waals surface area contributed by atoms with Gasteiger partial charge >= 0.3 is 11.9 Å². The zero-order valence-electron chi connectivity index (χ0n) is 14.6. The van der Waals surface area contributed by atoms with Gasteiger partial charge in [-0.2, -0.15) is 0 Å². The van der Waals surface area contributed by atoms with Gasteiger partial charge in [-0.25, -0.2) is 14.0 Å². The number of amides is 1. The van der Waals surface area contributed by atoms with Crippen molar-refractivity contribution in [2.75, 3.05) is 19.0 Å². The minimum absolute atomic E-state index is 0.254. The van der Waals surface area contributed by atoms with E-state index < -0.39 is 24.5 Å². The maximum absolute atomic E-state index is 13.0. The molecule has 6 nitrogen and oxygen atoms in total. The molecule has 9 heteroatoms. The number of carbonyl (C=O) groups is 3. The minimum Gasteiger partial charge on any atom is -0.465 e. The van der Waals surface area contributed by atoms with E-state index in [2.05, 4.69) is 10.1 Å². The number of methoxy groups -OCH3 is 1. The van der Waals surface area contributed by atoms with Gasteiger partial charge in [0.1, 0.15) is 15.6 Å². The second-order valence-electron chi connectivity index (χ2n) is 5.45. The summed E-state index contributed by atoms with van der Waals surface area (Å²) in [6.45, 7) is -0.501. The molecule has 0 aliphatic carbocycles. The van der Waals surface area contributed by atoms with Crippen LogP contribution in [-0.2, 0) is 14.3 Å². The average molecular weight is 419 g/mol. The summed E-state index contributed by atoms with van der Waals surface area (Å²) in [7, 11) is 1.25. The first-order valence-corrected chi connectivity index (χ1v) is 9.66. The highest BCUT2D eigenvalue weighted by atomic mass is 32.1. The van der Waals surface area contributed by atoms with Crippen molar-refractivity contribution >= 4 is 46.2 Å². The molecule has 0 unspecified atom stereocenters. The molecule has 1 aromatic carbocycles. The first-order chi connectivity index (χ1) is 13.5. The lowest BCUT2D eigenvalue weighted by Gasteiger charge is -2.06. The highest BCUT2D eigenvalue weighted by Gasteiger charge is 2.17. The molecule has 144 valence electrons. The Labute approximate surface area is 167 Å². The summed E-state index contributed by atoms with van der Waals surface area (Å²) in [6, 6.07) is 10.8. The third-order valence-corrected chi connectivity index (χ3v) is 5.59. The molecule has 0 fully saturated rings. The van der Waals surface area contributed by atoms with Crippen molar-refractivity contribution in [3.05, 3.63) is 63.4 Å². The summed E-state index contributed by atoms with van der Waals surface area (Å²) in [5.41, 5.74) is 1.07. The number of nitrogens with one attached hydrogen (secondary N) is 1. The molecule has 0 saturated carbocycles. The maximum Gasteiger partial charge on any atom is 0.350 e. The van der Waals surface area contributed by atoms with Crippen LogP contribution in [0.25, 0.3) is 10.4 Å². The number of halogens is 1. The Morgan fingerprint density at radius 1 is 1.04 bits per heavy atom. The van der Waals surface area contributed by atoms with Gasteiger partial charge in [0.05, 0.1) is 12.8 Å². The van der Waals surface area contributed by atoms with Gasteiger partial charge in [-0.15, -0.1) is 22.7 Å². The van der Waals surface area contributed by atoms with Gasteiger partial charge in [0.25, 0.3) is 5.91 Å². The van der Waals surface area contributed by atoms with Crippen molar-refractivity contribution in [1.29, 1.82) is 0 Å². The number of carbonyl (C=O) groups excluding carboxylic acids is 3. The first kappa shape index (κ1) is 19.7. The van der Waals surface area contributed by atoms with Crippen LogP contribution in [0.3, 0.4) is 0 Å². The zero-order valence-corrected chi connectivity index (χ0v) is 16.2. The lowest BCUT2D eigenvalue weighted by molar-refractivity contribution is -0.119. The van der Waals surface area contributed by atoms with Crippen molar-refractivity contribution in [2.45, 2.75) is 0 Å². The van der Waals surface area contributed by atoms with Gasteiger partial charge in [0.15, 0.2) is 6.61 Å². The number of hydrogen-bond donors (Lipinski definition) is 1. The lowest BCUT2D eigenvalue weighted by atomic mass is 10.2. The SMILES string of the molecule is COC(=O)c1sccc1NC(=O)COC(=O)c1ccc(-c2ccc(F)cc2)s1. The molecule has 1 N–H and O–H groups in total. The number of rotatable bonds is 6. The molecule has 0 aliphatic rings. The molecule has 2 heterocycles. The number of esters is 2. The van der Waals surface area contributed by atoms with Crippen LogP contribution in [-0.4, -0.2) is 31.6 Å². The van der Waals surface area contributed by atoms with E-state index in [0.29, 0.717) is 10.6 Å². The van der Waals surface area contributed by atoms with Crippen LogP contribution in [0.5, 0.6) is 0 Å². The number of benzene rings is 1. The lowest BCUT2D eigenvalue weighted by Crippen LogP contribution is -2.21. The predicted molar refractivity (Wildman–Crippen MR) is 104 cm³/mol. The normalized spacial score (nSPS) is 10.4.